The highest BCUT2D eigenvalue weighted by Crippen LogP contribution is 2.37. The highest BCUT2D eigenvalue weighted by atomic mass is 16.5. The lowest BCUT2D eigenvalue weighted by Crippen LogP contribution is -2.01. The first-order valence-electron chi connectivity index (χ1n) is 7.34. The number of anilines is 1. The number of nitrogens with one attached hydrogen (secondary N) is 1. The number of benzene rings is 1. The van der Waals surface area contributed by atoms with Crippen molar-refractivity contribution >= 4 is 6.01 Å². The van der Waals surface area contributed by atoms with Gasteiger partial charge in [-0.15, -0.1) is 5.10 Å². The summed E-state index contributed by atoms with van der Waals surface area (Å²) in [6.07, 6.45) is 0. The van der Waals surface area contributed by atoms with E-state index in [0.29, 0.717) is 35.5 Å². The molecule has 0 atom stereocenters. The predicted octanol–water partition coefficient (Wildman–Crippen LogP) is 2.97. The van der Waals surface area contributed by atoms with E-state index in [1.165, 1.54) is 0 Å². The molecule has 1 aromatic carbocycles. The first-order valence-corrected chi connectivity index (χ1v) is 7.34. The number of para-hydroxylation sites is 1. The van der Waals surface area contributed by atoms with Crippen molar-refractivity contribution in [1.82, 2.24) is 15.4 Å². The zero-order valence-corrected chi connectivity index (χ0v) is 13.9. The summed E-state index contributed by atoms with van der Waals surface area (Å²) in [4.78, 5) is 0. The van der Waals surface area contributed by atoms with Gasteiger partial charge in [0, 0.05) is 12.1 Å². The maximum Gasteiger partial charge on any atom is 0.316 e. The van der Waals surface area contributed by atoms with E-state index in [-0.39, 0.29) is 0 Å². The number of ether oxygens (including phenoxy) is 2. The fraction of sp³-hybridized carbons (Fsp3) is 0.312. The van der Waals surface area contributed by atoms with E-state index < -0.39 is 0 Å². The number of hydrogen-bond donors (Lipinski definition) is 1. The van der Waals surface area contributed by atoms with Crippen LogP contribution in [0.25, 0.3) is 11.5 Å². The maximum absolute atomic E-state index is 5.67. The largest absolute Gasteiger partial charge is 0.493 e. The van der Waals surface area contributed by atoms with Crippen LogP contribution >= 0.6 is 0 Å². The molecule has 2 aromatic heterocycles. The van der Waals surface area contributed by atoms with Crippen LogP contribution in [-0.2, 0) is 6.54 Å². The Labute approximate surface area is 138 Å². The highest BCUT2D eigenvalue weighted by Gasteiger charge is 2.17. The Bertz CT molecular complexity index is 821. The SMILES string of the molecule is COc1cccc(-c2nnc(NCc3c(C)noc3C)o2)c1OC. The third-order valence-corrected chi connectivity index (χ3v) is 3.66. The average molecular weight is 330 g/mol. The molecule has 0 aliphatic carbocycles. The second kappa shape index (κ2) is 6.61. The smallest absolute Gasteiger partial charge is 0.316 e. The van der Waals surface area contributed by atoms with Gasteiger partial charge < -0.3 is 23.7 Å². The standard InChI is InChI=1S/C16H18N4O4/c1-9-12(10(2)24-20-9)8-17-16-19-18-15(23-16)11-6-5-7-13(21-3)14(11)22-4/h5-7H,8H2,1-4H3,(H,17,19). The number of nitrogens with zero attached hydrogens (tertiary/aromatic N) is 3. The Kier molecular flexibility index (Phi) is 4.37. The second-order valence-electron chi connectivity index (χ2n) is 5.11. The molecule has 0 radical (unpaired) electrons. The monoisotopic (exact) mass is 330 g/mol. The molecule has 0 aliphatic heterocycles. The molecule has 0 aliphatic rings. The average Bonchev–Trinajstić information content (AvgIpc) is 3.19. The first-order chi connectivity index (χ1) is 11.6. The van der Waals surface area contributed by atoms with Gasteiger partial charge in [0.25, 0.3) is 5.89 Å². The summed E-state index contributed by atoms with van der Waals surface area (Å²) >= 11 is 0. The maximum atomic E-state index is 5.67. The van der Waals surface area contributed by atoms with Gasteiger partial charge in [0.15, 0.2) is 11.5 Å². The van der Waals surface area contributed by atoms with Gasteiger partial charge in [-0.1, -0.05) is 16.3 Å². The third-order valence-electron chi connectivity index (χ3n) is 3.66. The number of aryl methyl sites for hydroxylation is 2. The molecule has 0 fully saturated rings. The summed E-state index contributed by atoms with van der Waals surface area (Å²) in [6.45, 7) is 4.23. The van der Waals surface area contributed by atoms with E-state index in [4.69, 9.17) is 18.4 Å². The van der Waals surface area contributed by atoms with Crippen molar-refractivity contribution < 1.29 is 18.4 Å². The number of aromatic nitrogens is 3. The minimum atomic E-state index is 0.301. The molecule has 0 saturated carbocycles. The lowest BCUT2D eigenvalue weighted by molar-refractivity contribution is 0.355. The Hall–Kier alpha value is -3.03. The van der Waals surface area contributed by atoms with Crippen LogP contribution in [0.1, 0.15) is 17.0 Å². The summed E-state index contributed by atoms with van der Waals surface area (Å²) in [5, 5.41) is 15.1. The van der Waals surface area contributed by atoms with Crippen molar-refractivity contribution in [3.05, 3.63) is 35.2 Å². The Balaban J connectivity index is 1.81. The molecular formula is C16H18N4O4. The van der Waals surface area contributed by atoms with Gasteiger partial charge in [-0.3, -0.25) is 0 Å². The lowest BCUT2D eigenvalue weighted by Gasteiger charge is -2.09. The van der Waals surface area contributed by atoms with Gasteiger partial charge >= 0.3 is 6.01 Å². The summed E-state index contributed by atoms with van der Waals surface area (Å²) < 4.78 is 21.5. The van der Waals surface area contributed by atoms with Crippen LogP contribution in [0.4, 0.5) is 6.01 Å². The quantitative estimate of drug-likeness (QED) is 0.737. The van der Waals surface area contributed by atoms with Crippen LogP contribution in [0, 0.1) is 13.8 Å². The zero-order chi connectivity index (χ0) is 17.1. The van der Waals surface area contributed by atoms with E-state index in [9.17, 15) is 0 Å². The van der Waals surface area contributed by atoms with Gasteiger partial charge in [0.05, 0.1) is 25.5 Å². The fourth-order valence-corrected chi connectivity index (χ4v) is 2.38. The van der Waals surface area contributed by atoms with Gasteiger partial charge in [-0.05, 0) is 26.0 Å². The van der Waals surface area contributed by atoms with Crippen LogP contribution in [0.15, 0.2) is 27.1 Å². The Morgan fingerprint density at radius 3 is 2.62 bits per heavy atom. The molecule has 2 heterocycles. The molecule has 0 saturated heterocycles. The molecule has 8 nitrogen and oxygen atoms in total. The van der Waals surface area contributed by atoms with Crippen molar-refractivity contribution in [3.63, 3.8) is 0 Å². The van der Waals surface area contributed by atoms with Gasteiger partial charge in [0.1, 0.15) is 5.76 Å². The molecule has 24 heavy (non-hydrogen) atoms. The highest BCUT2D eigenvalue weighted by molar-refractivity contribution is 5.67. The summed E-state index contributed by atoms with van der Waals surface area (Å²) in [5.41, 5.74) is 2.46. The van der Waals surface area contributed by atoms with Gasteiger partial charge in [-0.25, -0.2) is 0 Å². The van der Waals surface area contributed by atoms with E-state index >= 15 is 0 Å². The topological polar surface area (TPSA) is 95.4 Å². The molecule has 0 unspecified atom stereocenters. The van der Waals surface area contributed by atoms with Gasteiger partial charge in [-0.2, -0.15) is 0 Å². The Morgan fingerprint density at radius 2 is 1.96 bits per heavy atom. The predicted molar refractivity (Wildman–Crippen MR) is 86.1 cm³/mol. The van der Waals surface area contributed by atoms with E-state index in [1.807, 2.05) is 26.0 Å². The van der Waals surface area contributed by atoms with Crippen LogP contribution in [0.5, 0.6) is 11.5 Å². The first kappa shape index (κ1) is 15.9. The van der Waals surface area contributed by atoms with Crippen molar-refractivity contribution in [1.29, 1.82) is 0 Å². The molecule has 0 amide bonds. The molecule has 8 heteroatoms. The van der Waals surface area contributed by atoms with Crippen LogP contribution in [0.2, 0.25) is 0 Å². The number of methoxy groups -OCH3 is 2. The summed E-state index contributed by atoms with van der Waals surface area (Å²) in [7, 11) is 3.14. The lowest BCUT2D eigenvalue weighted by atomic mass is 10.2. The molecule has 3 aromatic rings. The molecule has 3 rings (SSSR count). The van der Waals surface area contributed by atoms with Crippen molar-refractivity contribution in [2.75, 3.05) is 19.5 Å². The Morgan fingerprint density at radius 1 is 1.12 bits per heavy atom. The van der Waals surface area contributed by atoms with Crippen molar-refractivity contribution in [3.8, 4) is 23.0 Å². The molecule has 0 spiro atoms. The van der Waals surface area contributed by atoms with Gasteiger partial charge in [0.2, 0.25) is 0 Å². The van der Waals surface area contributed by atoms with Crippen molar-refractivity contribution in [2.45, 2.75) is 20.4 Å². The normalized spacial score (nSPS) is 10.7. The van der Waals surface area contributed by atoms with E-state index in [2.05, 4.69) is 20.7 Å². The van der Waals surface area contributed by atoms with Crippen LogP contribution < -0.4 is 14.8 Å². The zero-order valence-electron chi connectivity index (χ0n) is 13.9. The minimum Gasteiger partial charge on any atom is -0.493 e. The van der Waals surface area contributed by atoms with Crippen LogP contribution in [-0.4, -0.2) is 29.6 Å². The van der Waals surface area contributed by atoms with Crippen molar-refractivity contribution in [2.24, 2.45) is 0 Å². The summed E-state index contributed by atoms with van der Waals surface area (Å²) in [6, 6.07) is 5.76. The molecule has 0 bridgehead atoms. The van der Waals surface area contributed by atoms with E-state index in [0.717, 1.165) is 17.0 Å². The van der Waals surface area contributed by atoms with E-state index in [1.54, 1.807) is 20.3 Å². The van der Waals surface area contributed by atoms with Crippen LogP contribution in [0.3, 0.4) is 0 Å². The molecule has 126 valence electrons. The second-order valence-corrected chi connectivity index (χ2v) is 5.11. The fourth-order valence-electron chi connectivity index (χ4n) is 2.38. The number of rotatable bonds is 6. The number of hydrogen-bond acceptors (Lipinski definition) is 8. The minimum absolute atomic E-state index is 0.301. The third kappa shape index (κ3) is 2.90. The molecular weight excluding hydrogens is 312 g/mol. The molecule has 1 N–H and O–H groups in total. The summed E-state index contributed by atoms with van der Waals surface area (Å²) in [5.74, 6) is 2.24.